The SMILES string of the molecule is COc1ccc2nc(NC(=O)c3ccc(NC(C)=O)cc3)sc2c1. The third-order valence-corrected chi connectivity index (χ3v) is 4.22. The first-order valence-electron chi connectivity index (χ1n) is 7.19. The molecule has 0 atom stereocenters. The molecule has 0 aliphatic carbocycles. The minimum Gasteiger partial charge on any atom is -0.497 e. The maximum Gasteiger partial charge on any atom is 0.257 e. The van der Waals surface area contributed by atoms with Crippen molar-refractivity contribution in [3.63, 3.8) is 0 Å². The number of aromatic nitrogens is 1. The van der Waals surface area contributed by atoms with Crippen molar-refractivity contribution in [2.75, 3.05) is 17.7 Å². The molecule has 0 fully saturated rings. The lowest BCUT2D eigenvalue weighted by Crippen LogP contribution is -2.12. The van der Waals surface area contributed by atoms with E-state index < -0.39 is 0 Å². The molecular formula is C17H15N3O3S. The summed E-state index contributed by atoms with van der Waals surface area (Å²) in [6.45, 7) is 1.43. The average molecular weight is 341 g/mol. The van der Waals surface area contributed by atoms with Gasteiger partial charge in [0.15, 0.2) is 5.13 Å². The summed E-state index contributed by atoms with van der Waals surface area (Å²) in [5.74, 6) is 0.338. The van der Waals surface area contributed by atoms with Gasteiger partial charge in [-0.1, -0.05) is 11.3 Å². The number of methoxy groups -OCH3 is 1. The zero-order valence-corrected chi connectivity index (χ0v) is 13.9. The van der Waals surface area contributed by atoms with Gasteiger partial charge in [0.2, 0.25) is 5.91 Å². The minimum absolute atomic E-state index is 0.155. The number of fused-ring (bicyclic) bond motifs is 1. The van der Waals surface area contributed by atoms with E-state index in [-0.39, 0.29) is 11.8 Å². The van der Waals surface area contributed by atoms with Crippen LogP contribution in [0.4, 0.5) is 10.8 Å². The van der Waals surface area contributed by atoms with Gasteiger partial charge in [-0.15, -0.1) is 0 Å². The normalized spacial score (nSPS) is 10.4. The molecule has 0 saturated carbocycles. The van der Waals surface area contributed by atoms with Crippen LogP contribution < -0.4 is 15.4 Å². The third kappa shape index (κ3) is 3.52. The lowest BCUT2D eigenvalue weighted by molar-refractivity contribution is -0.114. The summed E-state index contributed by atoms with van der Waals surface area (Å²) in [4.78, 5) is 27.7. The summed E-state index contributed by atoms with van der Waals surface area (Å²) in [5, 5.41) is 5.96. The van der Waals surface area contributed by atoms with Crippen LogP contribution in [0.25, 0.3) is 10.2 Å². The van der Waals surface area contributed by atoms with E-state index in [4.69, 9.17) is 4.74 Å². The van der Waals surface area contributed by atoms with E-state index in [2.05, 4.69) is 15.6 Å². The van der Waals surface area contributed by atoms with Crippen LogP contribution >= 0.6 is 11.3 Å². The fraction of sp³-hybridized carbons (Fsp3) is 0.118. The summed E-state index contributed by atoms with van der Waals surface area (Å²) >= 11 is 1.38. The topological polar surface area (TPSA) is 80.3 Å². The highest BCUT2D eigenvalue weighted by molar-refractivity contribution is 7.22. The number of anilines is 2. The zero-order valence-electron chi connectivity index (χ0n) is 13.1. The van der Waals surface area contributed by atoms with Crippen molar-refractivity contribution in [1.82, 2.24) is 4.98 Å². The summed E-state index contributed by atoms with van der Waals surface area (Å²) in [6.07, 6.45) is 0. The van der Waals surface area contributed by atoms with Gasteiger partial charge < -0.3 is 10.1 Å². The number of hydrogen-bond acceptors (Lipinski definition) is 5. The Balaban J connectivity index is 1.75. The molecule has 24 heavy (non-hydrogen) atoms. The standard InChI is InChI=1S/C17H15N3O3S/c1-10(21)18-12-5-3-11(4-6-12)16(22)20-17-19-14-8-7-13(23-2)9-15(14)24-17/h3-9H,1-2H3,(H,18,21)(H,19,20,22). The van der Waals surface area contributed by atoms with Crippen molar-refractivity contribution >= 4 is 44.2 Å². The average Bonchev–Trinajstić information content (AvgIpc) is 2.96. The van der Waals surface area contributed by atoms with Crippen molar-refractivity contribution in [2.45, 2.75) is 6.92 Å². The number of nitrogens with zero attached hydrogens (tertiary/aromatic N) is 1. The third-order valence-electron chi connectivity index (χ3n) is 3.28. The number of hydrogen-bond donors (Lipinski definition) is 2. The second-order valence-electron chi connectivity index (χ2n) is 5.07. The Morgan fingerprint density at radius 2 is 1.83 bits per heavy atom. The minimum atomic E-state index is -0.254. The molecule has 122 valence electrons. The molecule has 0 spiro atoms. The van der Waals surface area contributed by atoms with E-state index in [0.29, 0.717) is 16.4 Å². The molecule has 1 aromatic heterocycles. The van der Waals surface area contributed by atoms with E-state index in [1.54, 1.807) is 31.4 Å². The van der Waals surface area contributed by atoms with Gasteiger partial charge in [0.05, 0.1) is 17.3 Å². The molecule has 2 aromatic carbocycles. The number of rotatable bonds is 4. The molecule has 6 nitrogen and oxygen atoms in total. The summed E-state index contributed by atoms with van der Waals surface area (Å²) in [6, 6.07) is 12.2. The summed E-state index contributed by atoms with van der Waals surface area (Å²) < 4.78 is 6.12. The monoisotopic (exact) mass is 341 g/mol. The van der Waals surface area contributed by atoms with Gasteiger partial charge in [-0.2, -0.15) is 0 Å². The fourth-order valence-corrected chi connectivity index (χ4v) is 3.05. The summed E-state index contributed by atoms with van der Waals surface area (Å²) in [5.41, 5.74) is 1.93. The van der Waals surface area contributed by atoms with E-state index >= 15 is 0 Å². The molecule has 0 bridgehead atoms. The van der Waals surface area contributed by atoms with Crippen molar-refractivity contribution < 1.29 is 14.3 Å². The van der Waals surface area contributed by atoms with Gasteiger partial charge in [-0.3, -0.25) is 14.9 Å². The first-order chi connectivity index (χ1) is 11.5. The molecule has 0 aliphatic rings. The van der Waals surface area contributed by atoms with Gasteiger partial charge in [0.25, 0.3) is 5.91 Å². The number of benzene rings is 2. The Kier molecular flexibility index (Phi) is 4.43. The van der Waals surface area contributed by atoms with Crippen molar-refractivity contribution in [3.05, 3.63) is 48.0 Å². The molecule has 2 N–H and O–H groups in total. The molecule has 0 radical (unpaired) electrons. The van der Waals surface area contributed by atoms with Crippen LogP contribution in [0.3, 0.4) is 0 Å². The van der Waals surface area contributed by atoms with Crippen LogP contribution in [0.1, 0.15) is 17.3 Å². The number of nitrogens with one attached hydrogen (secondary N) is 2. The van der Waals surface area contributed by atoms with Gasteiger partial charge >= 0.3 is 0 Å². The van der Waals surface area contributed by atoms with E-state index in [9.17, 15) is 9.59 Å². The number of amides is 2. The predicted molar refractivity (Wildman–Crippen MR) is 94.9 cm³/mol. The van der Waals surface area contributed by atoms with Crippen LogP contribution in [0.15, 0.2) is 42.5 Å². The molecule has 1 heterocycles. The van der Waals surface area contributed by atoms with Crippen molar-refractivity contribution in [2.24, 2.45) is 0 Å². The highest BCUT2D eigenvalue weighted by Crippen LogP contribution is 2.29. The van der Waals surface area contributed by atoms with E-state index in [1.165, 1.54) is 18.3 Å². The van der Waals surface area contributed by atoms with Gasteiger partial charge in [-0.05, 0) is 42.5 Å². The maximum atomic E-state index is 12.3. The van der Waals surface area contributed by atoms with E-state index in [0.717, 1.165) is 16.0 Å². The van der Waals surface area contributed by atoms with Crippen LogP contribution in [0.2, 0.25) is 0 Å². The maximum absolute atomic E-state index is 12.3. The lowest BCUT2D eigenvalue weighted by atomic mass is 10.2. The van der Waals surface area contributed by atoms with Crippen molar-refractivity contribution in [3.8, 4) is 5.75 Å². The number of ether oxygens (including phenoxy) is 1. The molecular weight excluding hydrogens is 326 g/mol. The smallest absolute Gasteiger partial charge is 0.257 e. The molecule has 3 rings (SSSR count). The van der Waals surface area contributed by atoms with Gasteiger partial charge in [0.1, 0.15) is 5.75 Å². The quantitative estimate of drug-likeness (QED) is 0.761. The van der Waals surface area contributed by atoms with Crippen molar-refractivity contribution in [1.29, 1.82) is 0 Å². The highest BCUT2D eigenvalue weighted by atomic mass is 32.1. The zero-order chi connectivity index (χ0) is 17.1. The van der Waals surface area contributed by atoms with E-state index in [1.807, 2.05) is 18.2 Å². The summed E-state index contributed by atoms with van der Waals surface area (Å²) in [7, 11) is 1.61. The van der Waals surface area contributed by atoms with Gasteiger partial charge in [0, 0.05) is 18.2 Å². The molecule has 2 amide bonds. The van der Waals surface area contributed by atoms with Crippen LogP contribution in [0.5, 0.6) is 5.75 Å². The Hall–Kier alpha value is -2.93. The van der Waals surface area contributed by atoms with Crippen LogP contribution in [-0.2, 0) is 4.79 Å². The molecule has 3 aromatic rings. The highest BCUT2D eigenvalue weighted by Gasteiger charge is 2.10. The Labute approximate surface area is 142 Å². The largest absolute Gasteiger partial charge is 0.497 e. The van der Waals surface area contributed by atoms with Crippen LogP contribution in [0, 0.1) is 0 Å². The number of carbonyl (C=O) groups excluding carboxylic acids is 2. The molecule has 0 saturated heterocycles. The second kappa shape index (κ2) is 6.67. The Bertz CT molecular complexity index is 903. The number of thiazole rings is 1. The lowest BCUT2D eigenvalue weighted by Gasteiger charge is -2.04. The Morgan fingerprint density at radius 3 is 2.50 bits per heavy atom. The molecule has 0 unspecified atom stereocenters. The van der Waals surface area contributed by atoms with Crippen LogP contribution in [-0.4, -0.2) is 23.9 Å². The Morgan fingerprint density at radius 1 is 1.08 bits per heavy atom. The fourth-order valence-electron chi connectivity index (χ4n) is 2.16. The first kappa shape index (κ1) is 15.9. The predicted octanol–water partition coefficient (Wildman–Crippen LogP) is 3.52. The number of carbonyl (C=O) groups is 2. The second-order valence-corrected chi connectivity index (χ2v) is 6.10. The molecule has 7 heteroatoms. The van der Waals surface area contributed by atoms with Gasteiger partial charge in [-0.25, -0.2) is 4.98 Å². The first-order valence-corrected chi connectivity index (χ1v) is 8.00. The molecule has 0 aliphatic heterocycles.